The van der Waals surface area contributed by atoms with E-state index in [1.54, 1.807) is 0 Å². The lowest BCUT2D eigenvalue weighted by molar-refractivity contribution is -0.121. The second-order valence-electron chi connectivity index (χ2n) is 5.75. The number of alkyl carbamates (subject to hydrolysis) is 1. The number of benzene rings is 1. The van der Waals surface area contributed by atoms with Crippen molar-refractivity contribution in [3.05, 3.63) is 35.9 Å². The van der Waals surface area contributed by atoms with Crippen molar-refractivity contribution in [3.63, 3.8) is 0 Å². The largest absolute Gasteiger partial charge is 0.445 e. The quantitative estimate of drug-likeness (QED) is 0.710. The molecule has 2 amide bonds. The summed E-state index contributed by atoms with van der Waals surface area (Å²) >= 11 is 0. The summed E-state index contributed by atoms with van der Waals surface area (Å²) in [7, 11) is 0. The van der Waals surface area contributed by atoms with Gasteiger partial charge in [0.05, 0.1) is 0 Å². The van der Waals surface area contributed by atoms with Crippen molar-refractivity contribution >= 4 is 12.0 Å². The van der Waals surface area contributed by atoms with Crippen LogP contribution in [0.15, 0.2) is 30.3 Å². The maximum Gasteiger partial charge on any atom is 0.407 e. The first-order chi connectivity index (χ1) is 11.2. The Balaban J connectivity index is 1.51. The Morgan fingerprint density at radius 3 is 2.78 bits per heavy atom. The van der Waals surface area contributed by atoms with Crippen molar-refractivity contribution in [3.8, 4) is 0 Å². The predicted molar refractivity (Wildman–Crippen MR) is 87.9 cm³/mol. The molecule has 1 atom stereocenters. The fraction of sp³-hybridized carbons (Fsp3) is 0.529. The van der Waals surface area contributed by atoms with Crippen molar-refractivity contribution in [2.75, 3.05) is 26.2 Å². The third kappa shape index (κ3) is 7.15. The van der Waals surface area contributed by atoms with Gasteiger partial charge in [-0.1, -0.05) is 30.3 Å². The summed E-state index contributed by atoms with van der Waals surface area (Å²) in [4.78, 5) is 23.3. The van der Waals surface area contributed by atoms with E-state index >= 15 is 0 Å². The summed E-state index contributed by atoms with van der Waals surface area (Å²) in [5.74, 6) is 0.468. The highest BCUT2D eigenvalue weighted by Crippen LogP contribution is 2.08. The lowest BCUT2D eigenvalue weighted by Crippen LogP contribution is -2.39. The number of hydrogen-bond donors (Lipinski definition) is 3. The van der Waals surface area contributed by atoms with Gasteiger partial charge in [-0.05, 0) is 37.4 Å². The summed E-state index contributed by atoms with van der Waals surface area (Å²) in [6, 6.07) is 9.47. The van der Waals surface area contributed by atoms with Gasteiger partial charge in [-0.3, -0.25) is 4.79 Å². The van der Waals surface area contributed by atoms with E-state index in [1.807, 2.05) is 30.3 Å². The molecule has 1 fully saturated rings. The Morgan fingerprint density at radius 2 is 2.04 bits per heavy atom. The number of carbonyl (C=O) groups excluding carboxylic acids is 2. The molecule has 0 aromatic heterocycles. The smallest absolute Gasteiger partial charge is 0.407 e. The Labute approximate surface area is 137 Å². The summed E-state index contributed by atoms with van der Waals surface area (Å²) in [6.07, 6.45) is 2.07. The molecule has 126 valence electrons. The minimum atomic E-state index is -0.502. The van der Waals surface area contributed by atoms with Gasteiger partial charge in [-0.15, -0.1) is 0 Å². The van der Waals surface area contributed by atoms with E-state index in [1.165, 1.54) is 0 Å². The van der Waals surface area contributed by atoms with E-state index in [4.69, 9.17) is 4.74 Å². The molecule has 0 radical (unpaired) electrons. The molecule has 6 nitrogen and oxygen atoms in total. The number of nitrogens with one attached hydrogen (secondary N) is 3. The molecule has 1 aliphatic heterocycles. The van der Waals surface area contributed by atoms with Crippen molar-refractivity contribution in [1.82, 2.24) is 16.0 Å². The van der Waals surface area contributed by atoms with Crippen LogP contribution in [0.4, 0.5) is 4.79 Å². The van der Waals surface area contributed by atoms with Crippen LogP contribution in [-0.2, 0) is 16.1 Å². The summed E-state index contributed by atoms with van der Waals surface area (Å²) in [6.45, 7) is 3.24. The second-order valence-corrected chi connectivity index (χ2v) is 5.75. The van der Waals surface area contributed by atoms with E-state index in [0.29, 0.717) is 12.5 Å². The standard InChI is InChI=1S/C17H25N3O3/c21-16(20-12-15-7-4-9-18-11-15)8-10-19-17(22)23-13-14-5-2-1-3-6-14/h1-3,5-6,15,18H,4,7-13H2,(H,19,22)(H,20,21)/t15-/m0/s1. The van der Waals surface area contributed by atoms with Crippen molar-refractivity contribution < 1.29 is 14.3 Å². The molecule has 1 aromatic carbocycles. The Morgan fingerprint density at radius 1 is 1.22 bits per heavy atom. The first-order valence-corrected chi connectivity index (χ1v) is 8.16. The van der Waals surface area contributed by atoms with Crippen molar-refractivity contribution in [2.45, 2.75) is 25.9 Å². The molecule has 0 aliphatic carbocycles. The van der Waals surface area contributed by atoms with Crippen LogP contribution in [0.1, 0.15) is 24.8 Å². The van der Waals surface area contributed by atoms with Crippen LogP contribution >= 0.6 is 0 Å². The topological polar surface area (TPSA) is 79.5 Å². The molecular formula is C17H25N3O3. The monoisotopic (exact) mass is 319 g/mol. The van der Waals surface area contributed by atoms with E-state index < -0.39 is 6.09 Å². The lowest BCUT2D eigenvalue weighted by atomic mass is 10.00. The highest BCUT2D eigenvalue weighted by Gasteiger charge is 2.13. The Hall–Kier alpha value is -2.08. The van der Waals surface area contributed by atoms with Crippen LogP contribution in [0.3, 0.4) is 0 Å². The van der Waals surface area contributed by atoms with Gasteiger partial charge in [-0.25, -0.2) is 4.79 Å². The van der Waals surface area contributed by atoms with Gasteiger partial charge in [-0.2, -0.15) is 0 Å². The van der Waals surface area contributed by atoms with Crippen LogP contribution in [0.2, 0.25) is 0 Å². The lowest BCUT2D eigenvalue weighted by Gasteiger charge is -2.22. The summed E-state index contributed by atoms with van der Waals surface area (Å²) < 4.78 is 5.08. The van der Waals surface area contributed by atoms with Crippen LogP contribution < -0.4 is 16.0 Å². The number of hydrogen-bond acceptors (Lipinski definition) is 4. The molecule has 2 rings (SSSR count). The molecule has 0 bridgehead atoms. The second kappa shape index (κ2) is 9.84. The first-order valence-electron chi connectivity index (χ1n) is 8.16. The molecule has 0 saturated carbocycles. The number of rotatable bonds is 7. The van der Waals surface area contributed by atoms with Crippen molar-refractivity contribution in [2.24, 2.45) is 5.92 Å². The molecule has 6 heteroatoms. The van der Waals surface area contributed by atoms with Gasteiger partial charge in [0.1, 0.15) is 6.61 Å². The summed E-state index contributed by atoms with van der Waals surface area (Å²) in [5, 5.41) is 8.82. The van der Waals surface area contributed by atoms with Gasteiger partial charge >= 0.3 is 6.09 Å². The first kappa shape index (κ1) is 17.3. The molecule has 1 aromatic rings. The van der Waals surface area contributed by atoms with Gasteiger partial charge < -0.3 is 20.7 Å². The van der Waals surface area contributed by atoms with E-state index in [-0.39, 0.29) is 25.5 Å². The van der Waals surface area contributed by atoms with E-state index in [2.05, 4.69) is 16.0 Å². The molecule has 0 spiro atoms. The number of carbonyl (C=O) groups is 2. The fourth-order valence-corrected chi connectivity index (χ4v) is 2.50. The SMILES string of the molecule is O=C(CCNC(=O)OCc1ccccc1)NC[C@H]1CCCNC1. The molecule has 1 saturated heterocycles. The predicted octanol–water partition coefficient (Wildman–Crippen LogP) is 1.42. The Bertz CT molecular complexity index is 487. The minimum absolute atomic E-state index is 0.0427. The maximum absolute atomic E-state index is 11.7. The van der Waals surface area contributed by atoms with Gasteiger partial charge in [0.2, 0.25) is 5.91 Å². The van der Waals surface area contributed by atoms with Crippen LogP contribution in [0.5, 0.6) is 0 Å². The molecule has 3 N–H and O–H groups in total. The van der Waals surface area contributed by atoms with Gasteiger partial charge in [0, 0.05) is 19.5 Å². The zero-order valence-corrected chi connectivity index (χ0v) is 13.3. The van der Waals surface area contributed by atoms with Crippen LogP contribution in [-0.4, -0.2) is 38.2 Å². The molecule has 1 heterocycles. The average Bonchev–Trinajstić information content (AvgIpc) is 2.60. The van der Waals surface area contributed by atoms with Crippen LogP contribution in [0, 0.1) is 5.92 Å². The zero-order chi connectivity index (χ0) is 16.3. The molecular weight excluding hydrogens is 294 g/mol. The molecule has 1 aliphatic rings. The normalized spacial score (nSPS) is 17.3. The third-order valence-electron chi connectivity index (χ3n) is 3.82. The Kier molecular flexibility index (Phi) is 7.39. The number of amides is 2. The number of ether oxygens (including phenoxy) is 1. The van der Waals surface area contributed by atoms with Crippen LogP contribution in [0.25, 0.3) is 0 Å². The number of piperidine rings is 1. The average molecular weight is 319 g/mol. The molecule has 23 heavy (non-hydrogen) atoms. The van der Waals surface area contributed by atoms with Crippen molar-refractivity contribution in [1.29, 1.82) is 0 Å². The highest BCUT2D eigenvalue weighted by molar-refractivity contribution is 5.76. The fourth-order valence-electron chi connectivity index (χ4n) is 2.50. The van der Waals surface area contributed by atoms with E-state index in [9.17, 15) is 9.59 Å². The van der Waals surface area contributed by atoms with E-state index in [0.717, 1.165) is 31.5 Å². The minimum Gasteiger partial charge on any atom is -0.445 e. The zero-order valence-electron chi connectivity index (χ0n) is 13.3. The third-order valence-corrected chi connectivity index (χ3v) is 3.82. The van der Waals surface area contributed by atoms with Gasteiger partial charge in [0.15, 0.2) is 0 Å². The molecule has 0 unspecified atom stereocenters. The van der Waals surface area contributed by atoms with Gasteiger partial charge in [0.25, 0.3) is 0 Å². The highest BCUT2D eigenvalue weighted by atomic mass is 16.5. The maximum atomic E-state index is 11.7. The summed E-state index contributed by atoms with van der Waals surface area (Å²) in [5.41, 5.74) is 0.932.